The summed E-state index contributed by atoms with van der Waals surface area (Å²) in [7, 11) is 0. The van der Waals surface area contributed by atoms with Crippen LogP contribution in [-0.4, -0.2) is 49.3 Å². The molecule has 162 valence electrons. The van der Waals surface area contributed by atoms with Crippen molar-refractivity contribution in [3.8, 4) is 0 Å². The molecule has 0 fully saturated rings. The number of aliphatic hydroxyl groups excluding tert-OH is 1. The lowest BCUT2D eigenvalue weighted by molar-refractivity contribution is -0.143. The summed E-state index contributed by atoms with van der Waals surface area (Å²) in [6.07, 6.45) is 0.335. The Balaban J connectivity index is 0.000000274. The van der Waals surface area contributed by atoms with Crippen LogP contribution in [-0.2, 0) is 9.47 Å². The number of benzene rings is 2. The first-order chi connectivity index (χ1) is 14.5. The van der Waals surface area contributed by atoms with Crippen LogP contribution in [0.5, 0.6) is 0 Å². The summed E-state index contributed by atoms with van der Waals surface area (Å²) in [6.45, 7) is 5.42. The first-order valence-corrected chi connectivity index (χ1v) is 10.1. The largest absolute Gasteiger partial charge is 0.396 e. The number of fused-ring (bicyclic) bond motifs is 1. The van der Waals surface area contributed by atoms with Gasteiger partial charge in [0.1, 0.15) is 11.7 Å². The average Bonchev–Trinajstić information content (AvgIpc) is 2.88. The summed E-state index contributed by atoms with van der Waals surface area (Å²) in [5.41, 5.74) is 8.05. The van der Waals surface area contributed by atoms with Crippen molar-refractivity contribution < 1.29 is 19.0 Å². The number of hydrogen-bond acceptors (Lipinski definition) is 6. The number of ether oxygens (including phenoxy) is 2. The van der Waals surface area contributed by atoms with Gasteiger partial charge in [0.05, 0.1) is 17.9 Å². The van der Waals surface area contributed by atoms with Crippen LogP contribution in [0.15, 0.2) is 52.4 Å². The van der Waals surface area contributed by atoms with E-state index in [4.69, 9.17) is 31.9 Å². The summed E-state index contributed by atoms with van der Waals surface area (Å²) < 4.78 is 24.3. The van der Waals surface area contributed by atoms with E-state index in [2.05, 4.69) is 9.98 Å². The normalized spacial score (nSPS) is 13.0. The van der Waals surface area contributed by atoms with Gasteiger partial charge in [-0.3, -0.25) is 4.99 Å². The Morgan fingerprint density at radius 1 is 1.13 bits per heavy atom. The molecule has 3 N–H and O–H groups in total. The molecule has 0 bridgehead atoms. The Bertz CT molecular complexity index is 875. The molecule has 1 aliphatic heterocycles. The van der Waals surface area contributed by atoms with Crippen LogP contribution in [0, 0.1) is 5.82 Å². The molecule has 8 heteroatoms. The first kappa shape index (κ1) is 24.0. The second-order valence-corrected chi connectivity index (χ2v) is 6.70. The summed E-state index contributed by atoms with van der Waals surface area (Å²) in [5.74, 6) is 0.0533. The van der Waals surface area contributed by atoms with Gasteiger partial charge in [0.15, 0.2) is 6.29 Å². The number of nitrogens with zero attached hydrogens (tertiary/aromatic N) is 2. The number of rotatable bonds is 7. The second-order valence-electron chi connectivity index (χ2n) is 6.26. The number of nitrogens with two attached hydrogens (primary N) is 1. The molecule has 2 aromatic rings. The lowest BCUT2D eigenvalue weighted by Crippen LogP contribution is -2.18. The molecule has 0 aromatic heterocycles. The number of hydrogen-bond donors (Lipinski definition) is 2. The van der Waals surface area contributed by atoms with Gasteiger partial charge in [-0.2, -0.15) is 0 Å². The Morgan fingerprint density at radius 2 is 1.83 bits per heavy atom. The molecule has 6 nitrogen and oxygen atoms in total. The fourth-order valence-corrected chi connectivity index (χ4v) is 2.98. The van der Waals surface area contributed by atoms with Gasteiger partial charge < -0.3 is 20.3 Å². The zero-order valence-electron chi connectivity index (χ0n) is 17.1. The maximum Gasteiger partial charge on any atom is 0.159 e. The lowest BCUT2D eigenvalue weighted by atomic mass is 10.0. The van der Waals surface area contributed by atoms with Crippen LogP contribution >= 0.6 is 11.6 Å². The fourth-order valence-electron chi connectivity index (χ4n) is 2.81. The third-order valence-corrected chi connectivity index (χ3v) is 4.31. The number of halogens is 2. The van der Waals surface area contributed by atoms with Gasteiger partial charge in [0.2, 0.25) is 0 Å². The van der Waals surface area contributed by atoms with E-state index in [1.807, 2.05) is 13.8 Å². The third kappa shape index (κ3) is 6.88. The first-order valence-electron chi connectivity index (χ1n) is 9.76. The van der Waals surface area contributed by atoms with E-state index in [1.54, 1.807) is 36.4 Å². The van der Waals surface area contributed by atoms with E-state index >= 15 is 0 Å². The van der Waals surface area contributed by atoms with E-state index in [9.17, 15) is 4.39 Å². The Labute approximate surface area is 181 Å². The van der Waals surface area contributed by atoms with Gasteiger partial charge in [-0.15, -0.1) is 0 Å². The molecule has 0 spiro atoms. The van der Waals surface area contributed by atoms with Crippen molar-refractivity contribution in [1.29, 1.82) is 0 Å². The van der Waals surface area contributed by atoms with Crippen molar-refractivity contribution in [1.82, 2.24) is 0 Å². The van der Waals surface area contributed by atoms with Crippen molar-refractivity contribution >= 4 is 28.8 Å². The molecule has 0 atom stereocenters. The predicted molar refractivity (Wildman–Crippen MR) is 118 cm³/mol. The standard InChI is InChI=1S/C15H11ClFN3.C7H16O3/c16-9-5-6-13-11(7-9)15(19-8-14(18)20-13)10-3-1-2-4-12(10)17;1-3-9-7(5-6-8)10-4-2/h1-7H,8H2,(H2,18,20);7-8H,3-6H2,1-2H3. The molecule has 0 unspecified atom stereocenters. The second kappa shape index (κ2) is 12.4. The summed E-state index contributed by atoms with van der Waals surface area (Å²) in [4.78, 5) is 8.66. The average molecular weight is 436 g/mol. The van der Waals surface area contributed by atoms with Crippen molar-refractivity contribution in [3.63, 3.8) is 0 Å². The van der Waals surface area contributed by atoms with Crippen LogP contribution < -0.4 is 5.73 Å². The van der Waals surface area contributed by atoms with Crippen LogP contribution in [0.3, 0.4) is 0 Å². The van der Waals surface area contributed by atoms with E-state index in [1.165, 1.54) is 6.07 Å². The monoisotopic (exact) mass is 435 g/mol. The third-order valence-electron chi connectivity index (χ3n) is 4.08. The highest BCUT2D eigenvalue weighted by atomic mass is 35.5. The fraction of sp³-hybridized carbons (Fsp3) is 0.364. The van der Waals surface area contributed by atoms with Gasteiger partial charge >= 0.3 is 0 Å². The summed E-state index contributed by atoms with van der Waals surface area (Å²) in [5, 5.41) is 9.07. The topological polar surface area (TPSA) is 89.4 Å². The highest BCUT2D eigenvalue weighted by molar-refractivity contribution is 6.31. The Kier molecular flexibility index (Phi) is 9.89. The zero-order valence-corrected chi connectivity index (χ0v) is 17.9. The Morgan fingerprint density at radius 3 is 2.47 bits per heavy atom. The van der Waals surface area contributed by atoms with Gasteiger partial charge in [0.25, 0.3) is 0 Å². The maximum atomic E-state index is 14.0. The molecule has 3 rings (SSSR count). The van der Waals surface area contributed by atoms with Crippen molar-refractivity contribution in [2.45, 2.75) is 26.6 Å². The quantitative estimate of drug-likeness (QED) is 0.641. The molecule has 1 heterocycles. The molecule has 30 heavy (non-hydrogen) atoms. The van der Waals surface area contributed by atoms with Gasteiger partial charge in [0, 0.05) is 42.4 Å². The molecule has 0 saturated heterocycles. The van der Waals surface area contributed by atoms with Crippen LogP contribution in [0.4, 0.5) is 10.1 Å². The molecule has 0 aliphatic carbocycles. The van der Waals surface area contributed by atoms with E-state index in [-0.39, 0.29) is 25.3 Å². The minimum absolute atomic E-state index is 0.116. The predicted octanol–water partition coefficient (Wildman–Crippen LogP) is 4.09. The van der Waals surface area contributed by atoms with E-state index in [0.29, 0.717) is 53.0 Å². The summed E-state index contributed by atoms with van der Waals surface area (Å²) >= 11 is 6.03. The Hall–Kier alpha value is -2.32. The minimum atomic E-state index is -0.336. The molecule has 2 aromatic carbocycles. The van der Waals surface area contributed by atoms with E-state index < -0.39 is 0 Å². The molecule has 0 radical (unpaired) electrons. The smallest absolute Gasteiger partial charge is 0.159 e. The number of amidine groups is 1. The zero-order chi connectivity index (χ0) is 21.9. The van der Waals surface area contributed by atoms with Crippen molar-refractivity contribution in [3.05, 3.63) is 64.4 Å². The molecule has 0 saturated carbocycles. The van der Waals surface area contributed by atoms with E-state index in [0.717, 1.165) is 0 Å². The molecular formula is C22H27ClFN3O3. The van der Waals surface area contributed by atoms with Crippen molar-refractivity contribution in [2.75, 3.05) is 26.4 Å². The van der Waals surface area contributed by atoms with Gasteiger partial charge in [-0.1, -0.05) is 23.7 Å². The maximum absolute atomic E-state index is 14.0. The van der Waals surface area contributed by atoms with Crippen molar-refractivity contribution in [2.24, 2.45) is 15.7 Å². The SMILES string of the molecule is CCOC(CCO)OCC.NC1=Nc2ccc(Cl)cc2C(c2ccccc2F)=NC1. The highest BCUT2D eigenvalue weighted by Crippen LogP contribution is 2.28. The molecule has 0 amide bonds. The lowest BCUT2D eigenvalue weighted by Gasteiger charge is -2.14. The van der Waals surface area contributed by atoms with Crippen LogP contribution in [0.1, 0.15) is 31.4 Å². The number of aliphatic imine (C=N–C) groups is 2. The van der Waals surface area contributed by atoms with Gasteiger partial charge in [-0.25, -0.2) is 9.38 Å². The van der Waals surface area contributed by atoms with Crippen LogP contribution in [0.2, 0.25) is 5.02 Å². The molecular weight excluding hydrogens is 409 g/mol. The summed E-state index contributed by atoms with van der Waals surface area (Å²) in [6, 6.07) is 11.7. The number of aliphatic hydroxyl groups is 1. The van der Waals surface area contributed by atoms with Crippen LogP contribution in [0.25, 0.3) is 0 Å². The minimum Gasteiger partial charge on any atom is -0.396 e. The molecule has 1 aliphatic rings. The van der Waals surface area contributed by atoms with Gasteiger partial charge in [-0.05, 0) is 44.2 Å². The highest BCUT2D eigenvalue weighted by Gasteiger charge is 2.18.